The first-order chi connectivity index (χ1) is 8.63. The maximum atomic E-state index is 6.22. The highest BCUT2D eigenvalue weighted by molar-refractivity contribution is 6.32. The van der Waals surface area contributed by atoms with Crippen molar-refractivity contribution in [2.45, 2.75) is 44.5 Å². The quantitative estimate of drug-likeness (QED) is 0.699. The van der Waals surface area contributed by atoms with Crippen LogP contribution in [-0.2, 0) is 5.88 Å². The van der Waals surface area contributed by atoms with E-state index in [0.29, 0.717) is 11.9 Å². The van der Waals surface area contributed by atoms with Crippen LogP contribution in [0.4, 0.5) is 5.69 Å². The Bertz CT molecular complexity index is 397. The molecule has 0 spiro atoms. The number of nitrogens with zero attached hydrogens (tertiary/aromatic N) is 1. The lowest BCUT2D eigenvalue weighted by Gasteiger charge is -2.36. The average molecular weight is 286 g/mol. The van der Waals surface area contributed by atoms with Gasteiger partial charge in [0.05, 0.1) is 5.88 Å². The van der Waals surface area contributed by atoms with Crippen LogP contribution in [-0.4, -0.2) is 13.1 Å². The molecule has 0 radical (unpaired) electrons. The lowest BCUT2D eigenvalue weighted by molar-refractivity contribution is 0.340. The van der Waals surface area contributed by atoms with Gasteiger partial charge >= 0.3 is 0 Å². The first-order valence-corrected chi connectivity index (χ1v) is 7.61. The predicted octanol–water partition coefficient (Wildman–Crippen LogP) is 5.09. The van der Waals surface area contributed by atoms with Gasteiger partial charge in [-0.1, -0.05) is 24.6 Å². The molecular weight excluding hydrogens is 265 g/mol. The Kier molecular flexibility index (Phi) is 4.80. The molecule has 0 N–H and O–H groups in total. The van der Waals surface area contributed by atoms with Crippen LogP contribution < -0.4 is 4.90 Å². The summed E-state index contributed by atoms with van der Waals surface area (Å²) in [6.45, 7) is 2.35. The normalized spacial score (nSPS) is 24.0. The number of alkyl halides is 1. The van der Waals surface area contributed by atoms with Crippen LogP contribution in [0.25, 0.3) is 0 Å². The van der Waals surface area contributed by atoms with Crippen LogP contribution in [0.5, 0.6) is 0 Å². The van der Waals surface area contributed by atoms with Gasteiger partial charge in [-0.3, -0.25) is 0 Å². The van der Waals surface area contributed by atoms with Crippen molar-refractivity contribution in [3.05, 3.63) is 28.8 Å². The zero-order valence-electron chi connectivity index (χ0n) is 11.1. The molecule has 1 fully saturated rings. The molecule has 1 aromatic carbocycles. The zero-order chi connectivity index (χ0) is 13.1. The van der Waals surface area contributed by atoms with Crippen LogP contribution in [0.2, 0.25) is 5.02 Å². The summed E-state index contributed by atoms with van der Waals surface area (Å²) in [5.41, 5.74) is 2.25. The van der Waals surface area contributed by atoms with E-state index in [9.17, 15) is 0 Å². The highest BCUT2D eigenvalue weighted by Gasteiger charge is 2.23. The molecule has 0 aliphatic heterocycles. The van der Waals surface area contributed by atoms with E-state index in [-0.39, 0.29) is 0 Å². The molecule has 0 aromatic heterocycles. The van der Waals surface area contributed by atoms with E-state index < -0.39 is 0 Å². The van der Waals surface area contributed by atoms with Gasteiger partial charge < -0.3 is 4.90 Å². The van der Waals surface area contributed by atoms with E-state index in [1.807, 2.05) is 12.1 Å². The summed E-state index contributed by atoms with van der Waals surface area (Å²) >= 11 is 12.3. The third-order valence-corrected chi connectivity index (χ3v) is 4.76. The number of halogens is 2. The highest BCUT2D eigenvalue weighted by Crippen LogP contribution is 2.34. The van der Waals surface area contributed by atoms with Gasteiger partial charge in [-0.2, -0.15) is 0 Å². The van der Waals surface area contributed by atoms with E-state index in [1.165, 1.54) is 31.4 Å². The Labute approximate surface area is 120 Å². The number of rotatable bonds is 3. The summed E-state index contributed by atoms with van der Waals surface area (Å²) in [6, 6.07) is 6.68. The largest absolute Gasteiger partial charge is 0.371 e. The zero-order valence-corrected chi connectivity index (χ0v) is 12.6. The lowest BCUT2D eigenvalue weighted by atomic mass is 9.86. The molecule has 0 bridgehead atoms. The topological polar surface area (TPSA) is 3.24 Å². The molecule has 1 aromatic rings. The Morgan fingerprint density at radius 3 is 2.50 bits per heavy atom. The standard InChI is InChI=1S/C15H21Cl2N/c1-11-6-8-12(9-7-11)18(2)15-5-3-4-14(17)13(15)10-16/h3-5,11-12H,6-10H2,1-2H3. The summed E-state index contributed by atoms with van der Waals surface area (Å²) in [4.78, 5) is 2.37. The molecule has 1 aliphatic carbocycles. The van der Waals surface area contributed by atoms with Crippen LogP contribution in [0.15, 0.2) is 18.2 Å². The molecule has 0 unspecified atom stereocenters. The van der Waals surface area contributed by atoms with Crippen molar-refractivity contribution in [2.24, 2.45) is 5.92 Å². The molecule has 1 aliphatic rings. The second kappa shape index (κ2) is 6.16. The summed E-state index contributed by atoms with van der Waals surface area (Å²) in [7, 11) is 2.17. The fourth-order valence-corrected chi connectivity index (χ4v) is 3.42. The molecule has 0 saturated heterocycles. The third-order valence-electron chi connectivity index (χ3n) is 4.14. The molecule has 0 atom stereocenters. The SMILES string of the molecule is CC1CCC(N(C)c2cccc(Cl)c2CCl)CC1. The van der Waals surface area contributed by atoms with Gasteiger partial charge in [-0.15, -0.1) is 11.6 Å². The van der Waals surface area contributed by atoms with Crippen molar-refractivity contribution in [3.8, 4) is 0 Å². The second-order valence-electron chi connectivity index (χ2n) is 5.40. The van der Waals surface area contributed by atoms with Crippen LogP contribution in [0.1, 0.15) is 38.2 Å². The van der Waals surface area contributed by atoms with Crippen molar-refractivity contribution in [1.82, 2.24) is 0 Å². The first kappa shape index (κ1) is 14.0. The summed E-state index contributed by atoms with van der Waals surface area (Å²) < 4.78 is 0. The first-order valence-electron chi connectivity index (χ1n) is 6.69. The van der Waals surface area contributed by atoms with E-state index in [1.54, 1.807) is 0 Å². The summed E-state index contributed by atoms with van der Waals surface area (Å²) in [6.07, 6.45) is 5.19. The molecule has 0 amide bonds. The fourth-order valence-electron chi connectivity index (χ4n) is 2.84. The Hall–Kier alpha value is -0.400. The number of hydrogen-bond acceptors (Lipinski definition) is 1. The lowest BCUT2D eigenvalue weighted by Crippen LogP contribution is -2.35. The predicted molar refractivity (Wildman–Crippen MR) is 80.8 cm³/mol. The van der Waals surface area contributed by atoms with E-state index >= 15 is 0 Å². The minimum absolute atomic E-state index is 0.475. The van der Waals surface area contributed by atoms with Crippen LogP contribution >= 0.6 is 23.2 Å². The van der Waals surface area contributed by atoms with Gasteiger partial charge in [0.2, 0.25) is 0 Å². The molecule has 3 heteroatoms. The smallest absolute Gasteiger partial charge is 0.0509 e. The number of benzene rings is 1. The Balaban J connectivity index is 2.18. The molecule has 18 heavy (non-hydrogen) atoms. The minimum atomic E-state index is 0.475. The number of hydrogen-bond donors (Lipinski definition) is 0. The fraction of sp³-hybridized carbons (Fsp3) is 0.600. The molecule has 2 rings (SSSR count). The van der Waals surface area contributed by atoms with Crippen molar-refractivity contribution in [2.75, 3.05) is 11.9 Å². The monoisotopic (exact) mass is 285 g/mol. The van der Waals surface area contributed by atoms with E-state index in [0.717, 1.165) is 16.5 Å². The number of anilines is 1. The van der Waals surface area contributed by atoms with Gasteiger partial charge in [-0.25, -0.2) is 0 Å². The maximum Gasteiger partial charge on any atom is 0.0509 e. The molecule has 100 valence electrons. The van der Waals surface area contributed by atoms with Gasteiger partial charge in [0.25, 0.3) is 0 Å². The molecule has 0 heterocycles. The van der Waals surface area contributed by atoms with Crippen LogP contribution in [0.3, 0.4) is 0 Å². The highest BCUT2D eigenvalue weighted by atomic mass is 35.5. The molecule has 1 nitrogen and oxygen atoms in total. The Morgan fingerprint density at radius 2 is 1.89 bits per heavy atom. The van der Waals surface area contributed by atoms with Gasteiger partial charge in [0, 0.05) is 29.4 Å². The van der Waals surface area contributed by atoms with Crippen molar-refractivity contribution >= 4 is 28.9 Å². The summed E-state index contributed by atoms with van der Waals surface area (Å²) in [5.74, 6) is 1.35. The van der Waals surface area contributed by atoms with Crippen LogP contribution in [0, 0.1) is 5.92 Å². The molecule has 1 saturated carbocycles. The molecular formula is C15H21Cl2N. The van der Waals surface area contributed by atoms with E-state index in [4.69, 9.17) is 23.2 Å². The van der Waals surface area contributed by atoms with Gasteiger partial charge in [0.1, 0.15) is 0 Å². The summed E-state index contributed by atoms with van der Waals surface area (Å²) in [5, 5.41) is 0.776. The van der Waals surface area contributed by atoms with Gasteiger partial charge in [0.15, 0.2) is 0 Å². The minimum Gasteiger partial charge on any atom is -0.371 e. The third kappa shape index (κ3) is 2.95. The van der Waals surface area contributed by atoms with Crippen molar-refractivity contribution in [1.29, 1.82) is 0 Å². The Morgan fingerprint density at radius 1 is 1.22 bits per heavy atom. The van der Waals surface area contributed by atoms with E-state index in [2.05, 4.69) is 24.9 Å². The maximum absolute atomic E-state index is 6.22. The average Bonchev–Trinajstić information content (AvgIpc) is 2.38. The van der Waals surface area contributed by atoms with Crippen molar-refractivity contribution < 1.29 is 0 Å². The van der Waals surface area contributed by atoms with Gasteiger partial charge in [-0.05, 0) is 43.7 Å². The van der Waals surface area contributed by atoms with Crippen molar-refractivity contribution in [3.63, 3.8) is 0 Å². The second-order valence-corrected chi connectivity index (χ2v) is 6.07.